The normalized spacial score (nSPS) is 14.5. The maximum atomic E-state index is 12.9. The lowest BCUT2D eigenvalue weighted by Crippen LogP contribution is -2.37. The number of nitrogens with zero attached hydrogens (tertiary/aromatic N) is 2. The second-order valence-electron chi connectivity index (χ2n) is 8.05. The number of aromatic nitrogens is 2. The van der Waals surface area contributed by atoms with Crippen LogP contribution in [-0.4, -0.2) is 47.1 Å². The highest BCUT2D eigenvalue weighted by Gasteiger charge is 2.28. The van der Waals surface area contributed by atoms with Crippen LogP contribution in [0.5, 0.6) is 5.75 Å². The van der Waals surface area contributed by atoms with Crippen LogP contribution < -0.4 is 10.1 Å². The van der Waals surface area contributed by atoms with Crippen molar-refractivity contribution in [2.24, 2.45) is 0 Å². The molecule has 9 nitrogen and oxygen atoms in total. The Morgan fingerprint density at radius 3 is 2.82 bits per heavy atom. The zero-order chi connectivity index (χ0) is 22.8. The topological polar surface area (TPSA) is 114 Å². The van der Waals surface area contributed by atoms with Gasteiger partial charge in [0.2, 0.25) is 0 Å². The quantitative estimate of drug-likeness (QED) is 0.465. The molecule has 0 unspecified atom stereocenters. The van der Waals surface area contributed by atoms with Crippen LogP contribution in [0.25, 0.3) is 11.0 Å². The highest BCUT2D eigenvalue weighted by Crippen LogP contribution is 2.29. The molecule has 1 aliphatic rings. The van der Waals surface area contributed by atoms with E-state index in [0.717, 1.165) is 29.7 Å². The standard InChI is InChI=1S/C24H24N4O5/c1-31-17-4-5-21-16(11-17)12-22(33-21)24(30)28-8-6-15(7-9-28)19-13-20(27-26-19)23(29)25-14-18-3-2-10-32-18/h2-5,10-13,15H,6-9,14H2,1H3,(H,25,29)(H,26,27). The van der Waals surface area contributed by atoms with Gasteiger partial charge in [-0.2, -0.15) is 5.10 Å². The number of piperidine rings is 1. The molecule has 0 radical (unpaired) electrons. The second kappa shape index (κ2) is 8.85. The largest absolute Gasteiger partial charge is 0.497 e. The molecule has 4 aromatic rings. The molecule has 0 bridgehead atoms. The Hall–Kier alpha value is -4.01. The molecule has 2 amide bonds. The zero-order valence-corrected chi connectivity index (χ0v) is 18.2. The highest BCUT2D eigenvalue weighted by molar-refractivity contribution is 5.96. The van der Waals surface area contributed by atoms with Gasteiger partial charge in [-0.15, -0.1) is 0 Å². The van der Waals surface area contributed by atoms with Crippen molar-refractivity contribution in [1.82, 2.24) is 20.4 Å². The Morgan fingerprint density at radius 1 is 1.21 bits per heavy atom. The number of amides is 2. The lowest BCUT2D eigenvalue weighted by Gasteiger charge is -2.30. The molecule has 1 aliphatic heterocycles. The van der Waals surface area contributed by atoms with Crippen LogP contribution in [0.2, 0.25) is 0 Å². The summed E-state index contributed by atoms with van der Waals surface area (Å²) < 4.78 is 16.2. The summed E-state index contributed by atoms with van der Waals surface area (Å²) in [6.45, 7) is 1.51. The third-order valence-electron chi connectivity index (χ3n) is 5.99. The molecule has 5 rings (SSSR count). The van der Waals surface area contributed by atoms with E-state index in [4.69, 9.17) is 13.6 Å². The van der Waals surface area contributed by atoms with Crippen molar-refractivity contribution in [3.05, 3.63) is 71.6 Å². The van der Waals surface area contributed by atoms with E-state index < -0.39 is 0 Å². The number of benzene rings is 1. The summed E-state index contributed by atoms with van der Waals surface area (Å²) in [5.41, 5.74) is 1.90. The Kier molecular flexibility index (Phi) is 5.60. The molecule has 0 saturated carbocycles. The van der Waals surface area contributed by atoms with Crippen LogP contribution in [-0.2, 0) is 6.54 Å². The number of fused-ring (bicyclic) bond motifs is 1. The van der Waals surface area contributed by atoms with Crippen LogP contribution in [0.4, 0.5) is 0 Å². The number of hydrogen-bond donors (Lipinski definition) is 2. The first-order valence-corrected chi connectivity index (χ1v) is 10.8. The van der Waals surface area contributed by atoms with Crippen molar-refractivity contribution in [2.75, 3.05) is 20.2 Å². The van der Waals surface area contributed by atoms with Gasteiger partial charge in [0, 0.05) is 30.1 Å². The number of nitrogens with one attached hydrogen (secondary N) is 2. The average molecular weight is 448 g/mol. The molecule has 1 fully saturated rings. The number of methoxy groups -OCH3 is 1. The highest BCUT2D eigenvalue weighted by atomic mass is 16.5. The SMILES string of the molecule is COc1ccc2oc(C(=O)N3CCC(c4cc(C(=O)NCc5ccco5)n[nH]4)CC3)cc2c1. The van der Waals surface area contributed by atoms with E-state index in [0.29, 0.717) is 42.4 Å². The van der Waals surface area contributed by atoms with Crippen molar-refractivity contribution in [3.8, 4) is 5.75 Å². The molecular formula is C24H24N4O5. The molecule has 9 heteroatoms. The molecule has 0 aliphatic carbocycles. The summed E-state index contributed by atoms with van der Waals surface area (Å²) >= 11 is 0. The number of likely N-dealkylation sites (tertiary alicyclic amines) is 1. The minimum absolute atomic E-state index is 0.119. The van der Waals surface area contributed by atoms with Crippen LogP contribution in [0, 0.1) is 0 Å². The van der Waals surface area contributed by atoms with Gasteiger partial charge in [0.05, 0.1) is 19.9 Å². The van der Waals surface area contributed by atoms with E-state index in [1.807, 2.05) is 12.1 Å². The predicted molar refractivity (Wildman–Crippen MR) is 119 cm³/mol. The van der Waals surface area contributed by atoms with Gasteiger partial charge in [0.1, 0.15) is 22.8 Å². The van der Waals surface area contributed by atoms with Gasteiger partial charge < -0.3 is 23.8 Å². The Morgan fingerprint density at radius 2 is 2.06 bits per heavy atom. The monoisotopic (exact) mass is 448 g/mol. The van der Waals surface area contributed by atoms with Gasteiger partial charge in [-0.05, 0) is 55.3 Å². The molecular weight excluding hydrogens is 424 g/mol. The second-order valence-corrected chi connectivity index (χ2v) is 8.05. The summed E-state index contributed by atoms with van der Waals surface area (Å²) in [6, 6.07) is 12.6. The number of rotatable bonds is 6. The maximum absolute atomic E-state index is 12.9. The van der Waals surface area contributed by atoms with Crippen LogP contribution in [0.3, 0.4) is 0 Å². The average Bonchev–Trinajstić information content (AvgIpc) is 3.62. The number of furan rings is 2. The Labute approximate surface area is 189 Å². The molecule has 0 atom stereocenters. The lowest BCUT2D eigenvalue weighted by atomic mass is 9.93. The summed E-state index contributed by atoms with van der Waals surface area (Å²) in [5, 5.41) is 10.8. The molecule has 170 valence electrons. The fraction of sp³-hybridized carbons (Fsp3) is 0.292. The Bertz CT molecular complexity index is 1270. The zero-order valence-electron chi connectivity index (χ0n) is 18.2. The van der Waals surface area contributed by atoms with Crippen molar-refractivity contribution in [2.45, 2.75) is 25.3 Å². The number of hydrogen-bond acceptors (Lipinski definition) is 6. The number of aromatic amines is 1. The van der Waals surface area contributed by atoms with E-state index >= 15 is 0 Å². The third-order valence-corrected chi connectivity index (χ3v) is 5.99. The minimum Gasteiger partial charge on any atom is -0.497 e. The summed E-state index contributed by atoms with van der Waals surface area (Å²) in [5.74, 6) is 1.55. The van der Waals surface area contributed by atoms with E-state index in [9.17, 15) is 9.59 Å². The fourth-order valence-corrected chi connectivity index (χ4v) is 4.14. The molecule has 4 heterocycles. The van der Waals surface area contributed by atoms with Gasteiger partial charge in [0.25, 0.3) is 11.8 Å². The maximum Gasteiger partial charge on any atom is 0.289 e. The molecule has 1 saturated heterocycles. The summed E-state index contributed by atoms with van der Waals surface area (Å²) in [6.07, 6.45) is 3.11. The van der Waals surface area contributed by atoms with E-state index in [2.05, 4.69) is 15.5 Å². The molecule has 1 aromatic carbocycles. The number of carbonyl (C=O) groups is 2. The molecule has 2 N–H and O–H groups in total. The van der Waals surface area contributed by atoms with Gasteiger partial charge in [0.15, 0.2) is 5.76 Å². The van der Waals surface area contributed by atoms with Crippen LogP contribution in [0.15, 0.2) is 57.6 Å². The van der Waals surface area contributed by atoms with Crippen molar-refractivity contribution >= 4 is 22.8 Å². The number of carbonyl (C=O) groups excluding carboxylic acids is 2. The third kappa shape index (κ3) is 4.34. The molecule has 0 spiro atoms. The van der Waals surface area contributed by atoms with Gasteiger partial charge in [-0.1, -0.05) is 0 Å². The van der Waals surface area contributed by atoms with Gasteiger partial charge in [-0.25, -0.2) is 0 Å². The van der Waals surface area contributed by atoms with Crippen LogP contribution >= 0.6 is 0 Å². The first-order valence-electron chi connectivity index (χ1n) is 10.8. The first-order chi connectivity index (χ1) is 16.1. The minimum atomic E-state index is -0.261. The van der Waals surface area contributed by atoms with E-state index in [1.54, 1.807) is 48.6 Å². The number of ether oxygens (including phenoxy) is 1. The Balaban J connectivity index is 1.18. The van der Waals surface area contributed by atoms with E-state index in [-0.39, 0.29) is 17.7 Å². The van der Waals surface area contributed by atoms with Crippen molar-refractivity contribution in [3.63, 3.8) is 0 Å². The van der Waals surface area contributed by atoms with Crippen molar-refractivity contribution < 1.29 is 23.2 Å². The summed E-state index contributed by atoms with van der Waals surface area (Å²) in [4.78, 5) is 27.1. The van der Waals surface area contributed by atoms with E-state index in [1.165, 1.54) is 0 Å². The lowest BCUT2D eigenvalue weighted by molar-refractivity contribution is 0.0682. The first kappa shape index (κ1) is 20.9. The molecule has 3 aromatic heterocycles. The van der Waals surface area contributed by atoms with Gasteiger partial charge in [-0.3, -0.25) is 14.7 Å². The number of H-pyrrole nitrogens is 1. The fourth-order valence-electron chi connectivity index (χ4n) is 4.14. The van der Waals surface area contributed by atoms with Gasteiger partial charge >= 0.3 is 0 Å². The summed E-state index contributed by atoms with van der Waals surface area (Å²) in [7, 11) is 1.60. The molecule has 33 heavy (non-hydrogen) atoms. The van der Waals surface area contributed by atoms with Crippen molar-refractivity contribution in [1.29, 1.82) is 0 Å². The van der Waals surface area contributed by atoms with Crippen LogP contribution in [0.1, 0.15) is 51.3 Å². The predicted octanol–water partition coefficient (Wildman–Crippen LogP) is 3.71. The smallest absolute Gasteiger partial charge is 0.289 e.